The van der Waals surface area contributed by atoms with E-state index < -0.39 is 27.4 Å². The fourth-order valence-corrected chi connectivity index (χ4v) is 6.09. The predicted molar refractivity (Wildman–Crippen MR) is 102 cm³/mol. The number of amides is 2. The number of hydrogen-bond acceptors (Lipinski definition) is 4. The summed E-state index contributed by atoms with van der Waals surface area (Å²) in [5, 5.41) is 0. The van der Waals surface area contributed by atoms with Gasteiger partial charge in [0.25, 0.3) is 5.91 Å². The number of carbonyl (C=O) groups excluding carboxylic acids is 2. The van der Waals surface area contributed by atoms with Crippen molar-refractivity contribution in [3.63, 3.8) is 0 Å². The first-order valence-corrected chi connectivity index (χ1v) is 11.8. The van der Waals surface area contributed by atoms with E-state index in [0.29, 0.717) is 38.4 Å². The minimum atomic E-state index is -3.08. The third-order valence-corrected chi connectivity index (χ3v) is 7.84. The largest absolute Gasteiger partial charge is 0.339 e. The first kappa shape index (κ1) is 20.3. The highest BCUT2D eigenvalue weighted by Gasteiger charge is 2.44. The van der Waals surface area contributed by atoms with Crippen LogP contribution in [0.4, 0.5) is 8.78 Å². The summed E-state index contributed by atoms with van der Waals surface area (Å²) < 4.78 is 50.7. The molecule has 0 bridgehead atoms. The van der Waals surface area contributed by atoms with E-state index >= 15 is 0 Å². The van der Waals surface area contributed by atoms with E-state index in [1.807, 2.05) is 0 Å². The third-order valence-electron chi connectivity index (χ3n) is 6.09. The van der Waals surface area contributed by atoms with Crippen LogP contribution in [-0.2, 0) is 14.6 Å². The number of hydrogen-bond donors (Lipinski definition) is 0. The molecule has 1 aliphatic carbocycles. The predicted octanol–water partition coefficient (Wildman–Crippen LogP) is 2.00. The van der Waals surface area contributed by atoms with Gasteiger partial charge in [0, 0.05) is 37.2 Å². The van der Waals surface area contributed by atoms with E-state index in [9.17, 15) is 26.8 Å². The van der Waals surface area contributed by atoms with Crippen LogP contribution in [0.25, 0.3) is 0 Å². The van der Waals surface area contributed by atoms with Crippen LogP contribution in [0.1, 0.15) is 42.5 Å². The molecule has 1 aromatic rings. The van der Waals surface area contributed by atoms with Gasteiger partial charge in [-0.15, -0.1) is 0 Å². The second-order valence-electron chi connectivity index (χ2n) is 8.22. The SMILES string of the molecule is O=C(c1ccc(F)cc1F)N1CCC(C(=O)N(C2CC2)C2CCS(=O)(=O)C2)CC1. The molecule has 1 unspecified atom stereocenters. The monoisotopic (exact) mass is 426 g/mol. The molecule has 29 heavy (non-hydrogen) atoms. The lowest BCUT2D eigenvalue weighted by atomic mass is 9.94. The molecule has 0 aromatic heterocycles. The van der Waals surface area contributed by atoms with Crippen molar-refractivity contribution < 1.29 is 26.8 Å². The maximum absolute atomic E-state index is 13.9. The lowest BCUT2D eigenvalue weighted by Gasteiger charge is -2.36. The Hall–Kier alpha value is -2.03. The van der Waals surface area contributed by atoms with Gasteiger partial charge >= 0.3 is 0 Å². The Morgan fingerprint density at radius 1 is 1.00 bits per heavy atom. The van der Waals surface area contributed by atoms with E-state index in [4.69, 9.17) is 0 Å². The van der Waals surface area contributed by atoms with Crippen molar-refractivity contribution in [1.29, 1.82) is 0 Å². The van der Waals surface area contributed by atoms with Crippen molar-refractivity contribution in [3.05, 3.63) is 35.4 Å². The van der Waals surface area contributed by atoms with Crippen LogP contribution in [0.15, 0.2) is 18.2 Å². The van der Waals surface area contributed by atoms with Gasteiger partial charge in [0.2, 0.25) is 5.91 Å². The molecule has 4 rings (SSSR count). The first-order valence-electron chi connectivity index (χ1n) is 10.0. The van der Waals surface area contributed by atoms with Crippen molar-refractivity contribution in [2.75, 3.05) is 24.6 Å². The fourth-order valence-electron chi connectivity index (χ4n) is 4.38. The number of likely N-dealkylation sites (tertiary alicyclic amines) is 1. The molecule has 1 aromatic carbocycles. The Kier molecular flexibility index (Phi) is 5.35. The van der Waals surface area contributed by atoms with Gasteiger partial charge in [-0.25, -0.2) is 17.2 Å². The number of piperidine rings is 1. The molecule has 2 amide bonds. The highest BCUT2D eigenvalue weighted by molar-refractivity contribution is 7.91. The summed E-state index contributed by atoms with van der Waals surface area (Å²) in [5.41, 5.74) is -0.174. The van der Waals surface area contributed by atoms with Crippen LogP contribution in [0.5, 0.6) is 0 Å². The standard InChI is InChI=1S/C20H24F2N2O4S/c21-14-1-4-17(18(22)11-14)20(26)23-8-5-13(6-9-23)19(25)24(15-2-3-15)16-7-10-29(27,28)12-16/h1,4,11,13,15-16H,2-3,5-10,12H2. The van der Waals surface area contributed by atoms with Crippen LogP contribution >= 0.6 is 0 Å². The normalized spacial score (nSPS) is 24.5. The first-order chi connectivity index (χ1) is 13.7. The highest BCUT2D eigenvalue weighted by Crippen LogP contribution is 2.35. The molecule has 0 spiro atoms. The van der Waals surface area contributed by atoms with Gasteiger partial charge < -0.3 is 9.80 Å². The Morgan fingerprint density at radius 2 is 1.69 bits per heavy atom. The lowest BCUT2D eigenvalue weighted by Crippen LogP contribution is -2.49. The summed E-state index contributed by atoms with van der Waals surface area (Å²) in [5.74, 6) is -2.25. The molecule has 0 radical (unpaired) electrons. The average molecular weight is 426 g/mol. The third kappa shape index (κ3) is 4.29. The summed E-state index contributed by atoms with van der Waals surface area (Å²) in [6, 6.07) is 2.77. The van der Waals surface area contributed by atoms with Gasteiger partial charge in [-0.1, -0.05) is 0 Å². The number of halogens is 2. The summed E-state index contributed by atoms with van der Waals surface area (Å²) in [6.45, 7) is 0.626. The molecule has 6 nitrogen and oxygen atoms in total. The second kappa shape index (κ2) is 7.66. The van der Waals surface area contributed by atoms with Gasteiger partial charge in [0.15, 0.2) is 9.84 Å². The zero-order valence-electron chi connectivity index (χ0n) is 16.0. The quantitative estimate of drug-likeness (QED) is 0.738. The molecule has 2 saturated heterocycles. The van der Waals surface area contributed by atoms with Gasteiger partial charge in [-0.2, -0.15) is 0 Å². The number of carbonyl (C=O) groups is 2. The van der Waals surface area contributed by atoms with Gasteiger partial charge in [0.1, 0.15) is 11.6 Å². The Bertz CT molecular complexity index is 924. The summed E-state index contributed by atoms with van der Waals surface area (Å²) in [4.78, 5) is 29.0. The van der Waals surface area contributed by atoms with Crippen molar-refractivity contribution in [2.24, 2.45) is 5.92 Å². The molecule has 3 aliphatic rings. The lowest BCUT2D eigenvalue weighted by molar-refractivity contribution is -0.139. The van der Waals surface area contributed by atoms with Crippen molar-refractivity contribution in [2.45, 2.75) is 44.2 Å². The molecule has 1 saturated carbocycles. The van der Waals surface area contributed by atoms with E-state index in [1.54, 1.807) is 4.90 Å². The van der Waals surface area contributed by atoms with Crippen LogP contribution in [0.2, 0.25) is 0 Å². The van der Waals surface area contributed by atoms with Crippen LogP contribution in [-0.4, -0.2) is 66.7 Å². The zero-order valence-corrected chi connectivity index (χ0v) is 16.8. The molecule has 0 N–H and O–H groups in total. The van der Waals surface area contributed by atoms with Crippen LogP contribution in [0, 0.1) is 17.6 Å². The fraction of sp³-hybridized carbons (Fsp3) is 0.600. The Labute approximate surface area is 168 Å². The zero-order chi connectivity index (χ0) is 20.8. The van der Waals surface area contributed by atoms with E-state index in [2.05, 4.69) is 0 Å². The topological polar surface area (TPSA) is 74.8 Å². The van der Waals surface area contributed by atoms with Gasteiger partial charge in [-0.3, -0.25) is 9.59 Å². The van der Waals surface area contributed by atoms with Crippen LogP contribution < -0.4 is 0 Å². The minimum absolute atomic E-state index is 0.0188. The molecular weight excluding hydrogens is 402 g/mol. The van der Waals surface area contributed by atoms with Crippen molar-refractivity contribution in [1.82, 2.24) is 9.80 Å². The Morgan fingerprint density at radius 3 is 2.24 bits per heavy atom. The van der Waals surface area contributed by atoms with Crippen LogP contribution in [0.3, 0.4) is 0 Å². The van der Waals surface area contributed by atoms with Crippen molar-refractivity contribution in [3.8, 4) is 0 Å². The molecule has 158 valence electrons. The Balaban J connectivity index is 1.39. The molecule has 2 aliphatic heterocycles. The number of rotatable bonds is 4. The molecular formula is C20H24F2N2O4S. The average Bonchev–Trinajstić information content (AvgIpc) is 3.44. The maximum Gasteiger partial charge on any atom is 0.256 e. The van der Waals surface area contributed by atoms with E-state index in [1.165, 1.54) is 4.90 Å². The number of benzene rings is 1. The summed E-state index contributed by atoms with van der Waals surface area (Å²) >= 11 is 0. The second-order valence-corrected chi connectivity index (χ2v) is 10.5. The summed E-state index contributed by atoms with van der Waals surface area (Å²) in [6.07, 6.45) is 3.21. The molecule has 3 fully saturated rings. The minimum Gasteiger partial charge on any atom is -0.339 e. The summed E-state index contributed by atoms with van der Waals surface area (Å²) in [7, 11) is -3.08. The van der Waals surface area contributed by atoms with Gasteiger partial charge in [-0.05, 0) is 44.2 Å². The van der Waals surface area contributed by atoms with Gasteiger partial charge in [0.05, 0.1) is 17.1 Å². The number of sulfone groups is 1. The van der Waals surface area contributed by atoms with E-state index in [-0.39, 0.29) is 41.0 Å². The maximum atomic E-state index is 13.9. The smallest absolute Gasteiger partial charge is 0.256 e. The molecule has 9 heteroatoms. The molecule has 2 heterocycles. The molecule has 1 atom stereocenters. The number of nitrogens with zero attached hydrogens (tertiary/aromatic N) is 2. The van der Waals surface area contributed by atoms with E-state index in [0.717, 1.165) is 25.0 Å². The van der Waals surface area contributed by atoms with Crippen molar-refractivity contribution >= 4 is 21.7 Å². The highest BCUT2D eigenvalue weighted by atomic mass is 32.2.